The van der Waals surface area contributed by atoms with E-state index >= 15 is 0 Å². The fourth-order valence-electron chi connectivity index (χ4n) is 3.60. The molecular formula is C20H15ClO. The maximum Gasteiger partial charge on any atom is 0.155 e. The van der Waals surface area contributed by atoms with Gasteiger partial charge in [0.1, 0.15) is 0 Å². The van der Waals surface area contributed by atoms with Crippen LogP contribution in [-0.2, 0) is 10.2 Å². The van der Waals surface area contributed by atoms with Gasteiger partial charge in [-0.15, -0.1) is 0 Å². The van der Waals surface area contributed by atoms with Gasteiger partial charge in [-0.05, 0) is 46.9 Å². The van der Waals surface area contributed by atoms with E-state index in [0.717, 1.165) is 11.4 Å². The highest BCUT2D eigenvalue weighted by atomic mass is 35.5. The molecule has 22 heavy (non-hydrogen) atoms. The molecule has 0 radical (unpaired) electrons. The Bertz CT molecular complexity index is 831. The van der Waals surface area contributed by atoms with Crippen molar-refractivity contribution in [2.24, 2.45) is 0 Å². The van der Waals surface area contributed by atoms with Crippen LogP contribution in [0.3, 0.4) is 0 Å². The zero-order valence-electron chi connectivity index (χ0n) is 12.1. The molecule has 2 aliphatic rings. The van der Waals surface area contributed by atoms with Crippen molar-refractivity contribution < 1.29 is 4.79 Å². The summed E-state index contributed by atoms with van der Waals surface area (Å²) in [6.07, 6.45) is 9.45. The van der Waals surface area contributed by atoms with Gasteiger partial charge in [0, 0.05) is 16.9 Å². The minimum Gasteiger partial charge on any atom is -0.295 e. The molecule has 0 heterocycles. The first-order valence-corrected chi connectivity index (χ1v) is 7.86. The number of hydrogen-bond donors (Lipinski definition) is 0. The first-order chi connectivity index (χ1) is 10.7. The molecule has 108 valence electrons. The summed E-state index contributed by atoms with van der Waals surface area (Å²) in [6, 6.07) is 14.4. The van der Waals surface area contributed by atoms with Crippen LogP contribution < -0.4 is 0 Å². The molecule has 1 atom stereocenters. The topological polar surface area (TPSA) is 17.1 Å². The van der Waals surface area contributed by atoms with E-state index in [9.17, 15) is 4.79 Å². The third kappa shape index (κ3) is 1.97. The van der Waals surface area contributed by atoms with E-state index in [0.29, 0.717) is 6.42 Å². The zero-order chi connectivity index (χ0) is 15.2. The fraction of sp³-hybridized carbons (Fsp3) is 0.150. The lowest BCUT2D eigenvalue weighted by molar-refractivity contribution is -0.115. The van der Waals surface area contributed by atoms with Crippen molar-refractivity contribution in [2.45, 2.75) is 18.3 Å². The van der Waals surface area contributed by atoms with Crippen LogP contribution in [0.2, 0.25) is 5.02 Å². The highest BCUT2D eigenvalue weighted by Crippen LogP contribution is 2.46. The molecule has 0 fully saturated rings. The number of halogens is 1. The average molecular weight is 307 g/mol. The van der Waals surface area contributed by atoms with E-state index in [1.165, 1.54) is 22.3 Å². The van der Waals surface area contributed by atoms with Gasteiger partial charge >= 0.3 is 0 Å². The smallest absolute Gasteiger partial charge is 0.155 e. The Morgan fingerprint density at radius 1 is 0.909 bits per heavy atom. The Labute approximate surface area is 134 Å². The van der Waals surface area contributed by atoms with E-state index in [1.807, 2.05) is 12.1 Å². The number of ketones is 1. The number of hydrogen-bond acceptors (Lipinski definition) is 1. The van der Waals surface area contributed by atoms with Gasteiger partial charge in [0.05, 0.1) is 0 Å². The molecule has 0 aromatic heterocycles. The Hall–Kier alpha value is -2.12. The third-order valence-electron chi connectivity index (χ3n) is 4.70. The van der Waals surface area contributed by atoms with Gasteiger partial charge in [0.25, 0.3) is 0 Å². The van der Waals surface area contributed by atoms with Gasteiger partial charge in [-0.25, -0.2) is 0 Å². The van der Waals surface area contributed by atoms with E-state index in [4.69, 9.17) is 11.6 Å². The molecule has 2 aliphatic carbocycles. The van der Waals surface area contributed by atoms with Crippen molar-refractivity contribution in [2.75, 3.05) is 0 Å². The Kier molecular flexibility index (Phi) is 3.05. The minimum absolute atomic E-state index is 0.198. The number of carbonyl (C=O) groups is 1. The van der Waals surface area contributed by atoms with Crippen molar-refractivity contribution in [3.63, 3.8) is 0 Å². The summed E-state index contributed by atoms with van der Waals surface area (Å²) in [4.78, 5) is 11.7. The Morgan fingerprint density at radius 2 is 1.68 bits per heavy atom. The van der Waals surface area contributed by atoms with Crippen molar-refractivity contribution in [3.8, 4) is 0 Å². The average Bonchev–Trinajstić information content (AvgIpc) is 2.67. The van der Waals surface area contributed by atoms with Crippen molar-refractivity contribution in [1.82, 2.24) is 0 Å². The van der Waals surface area contributed by atoms with Gasteiger partial charge in [-0.1, -0.05) is 60.2 Å². The van der Waals surface area contributed by atoms with Crippen LogP contribution in [0.5, 0.6) is 0 Å². The van der Waals surface area contributed by atoms with Crippen LogP contribution in [0.1, 0.15) is 35.1 Å². The van der Waals surface area contributed by atoms with Gasteiger partial charge in [0.15, 0.2) is 5.78 Å². The van der Waals surface area contributed by atoms with E-state index < -0.39 is 0 Å². The Morgan fingerprint density at radius 3 is 2.45 bits per heavy atom. The molecule has 1 nitrogen and oxygen atoms in total. The summed E-state index contributed by atoms with van der Waals surface area (Å²) in [5.41, 5.74) is 4.53. The maximum absolute atomic E-state index is 11.7. The third-order valence-corrected chi connectivity index (χ3v) is 4.93. The van der Waals surface area contributed by atoms with E-state index in [1.54, 1.807) is 6.08 Å². The summed E-state index contributed by atoms with van der Waals surface area (Å²) in [7, 11) is 0. The van der Waals surface area contributed by atoms with Gasteiger partial charge in [-0.2, -0.15) is 0 Å². The minimum atomic E-state index is -0.270. The zero-order valence-corrected chi connectivity index (χ0v) is 12.8. The summed E-state index contributed by atoms with van der Waals surface area (Å²) in [5.74, 6) is 0.198. The van der Waals surface area contributed by atoms with Crippen LogP contribution in [0.25, 0.3) is 12.2 Å². The quantitative estimate of drug-likeness (QED) is 0.667. The van der Waals surface area contributed by atoms with E-state index in [2.05, 4.69) is 48.6 Å². The lowest BCUT2D eigenvalue weighted by atomic mass is 9.67. The van der Waals surface area contributed by atoms with Crippen LogP contribution >= 0.6 is 11.6 Å². The maximum atomic E-state index is 11.7. The van der Waals surface area contributed by atoms with Crippen molar-refractivity contribution >= 4 is 29.5 Å². The molecule has 0 N–H and O–H groups in total. The van der Waals surface area contributed by atoms with Crippen molar-refractivity contribution in [3.05, 3.63) is 81.9 Å². The van der Waals surface area contributed by atoms with Crippen LogP contribution in [0.4, 0.5) is 0 Å². The predicted octanol–water partition coefficient (Wildman–Crippen LogP) is 5.03. The second-order valence-corrected chi connectivity index (χ2v) is 6.36. The molecule has 2 aromatic carbocycles. The van der Waals surface area contributed by atoms with Crippen LogP contribution in [0, 0.1) is 0 Å². The second-order valence-electron chi connectivity index (χ2n) is 5.92. The highest BCUT2D eigenvalue weighted by Gasteiger charge is 2.38. The van der Waals surface area contributed by atoms with E-state index in [-0.39, 0.29) is 11.2 Å². The lowest BCUT2D eigenvalue weighted by Gasteiger charge is -2.35. The molecule has 4 rings (SSSR count). The SMILES string of the molecule is O=C1C=C[C@@]2(CC1)c1ccccc1C=Cc1ccc(Cl)cc12. The molecule has 2 aromatic rings. The molecule has 1 spiro atoms. The number of rotatable bonds is 0. The number of fused-ring (bicyclic) bond motifs is 4. The molecule has 0 bridgehead atoms. The molecule has 0 saturated carbocycles. The summed E-state index contributed by atoms with van der Waals surface area (Å²) >= 11 is 6.27. The highest BCUT2D eigenvalue weighted by molar-refractivity contribution is 6.30. The summed E-state index contributed by atoms with van der Waals surface area (Å²) < 4.78 is 0. The monoisotopic (exact) mass is 306 g/mol. The van der Waals surface area contributed by atoms with Gasteiger partial charge in [-0.3, -0.25) is 4.79 Å². The molecular weight excluding hydrogens is 292 g/mol. The second kappa shape index (κ2) is 4.96. The number of benzene rings is 2. The molecule has 0 unspecified atom stereocenters. The van der Waals surface area contributed by atoms with Crippen LogP contribution in [0.15, 0.2) is 54.6 Å². The first kappa shape index (κ1) is 13.5. The summed E-state index contributed by atoms with van der Waals surface area (Å²) in [5, 5.41) is 0.733. The fourth-order valence-corrected chi connectivity index (χ4v) is 3.78. The largest absolute Gasteiger partial charge is 0.295 e. The molecule has 0 amide bonds. The number of carbonyl (C=O) groups excluding carboxylic acids is 1. The van der Waals surface area contributed by atoms with Gasteiger partial charge in [0.2, 0.25) is 0 Å². The summed E-state index contributed by atoms with van der Waals surface area (Å²) in [6.45, 7) is 0. The van der Waals surface area contributed by atoms with Crippen LogP contribution in [-0.4, -0.2) is 5.78 Å². The Balaban J connectivity index is 2.08. The molecule has 2 heteroatoms. The normalized spacial score (nSPS) is 22.3. The standard InChI is InChI=1S/C20H15ClO/c21-16-8-7-15-6-5-14-3-1-2-4-18(14)20(19(15)13-16)11-9-17(22)10-12-20/h1-9,11,13H,10,12H2/t20-/m1/s1. The predicted molar refractivity (Wildman–Crippen MR) is 91.0 cm³/mol. The first-order valence-electron chi connectivity index (χ1n) is 7.49. The molecule has 0 saturated heterocycles. The number of allylic oxidation sites excluding steroid dienone is 2. The van der Waals surface area contributed by atoms with Gasteiger partial charge < -0.3 is 0 Å². The molecule has 0 aliphatic heterocycles. The lowest BCUT2D eigenvalue weighted by Crippen LogP contribution is -2.30. The van der Waals surface area contributed by atoms with Crippen molar-refractivity contribution in [1.29, 1.82) is 0 Å².